The number of carbonyl (C=O) groups excluding carboxylic acids is 1. The SMILES string of the molecule is CN(CC1CCN(Cc2ccccc2)C1)C(=O)C1CCNC1.Cl.Cl. The standard InChI is InChI=1S/C18H27N3O.2ClH/c1-20(18(22)17-7-9-19-11-17)12-16-8-10-21(14-16)13-15-5-3-2-4-6-15;;/h2-6,16-17,19H,7-14H2,1H3;2*1H. The molecule has 1 N–H and O–H groups in total. The lowest BCUT2D eigenvalue weighted by Crippen LogP contribution is -2.37. The highest BCUT2D eigenvalue weighted by Crippen LogP contribution is 2.20. The highest BCUT2D eigenvalue weighted by Gasteiger charge is 2.29. The van der Waals surface area contributed by atoms with Crippen LogP contribution in [0.25, 0.3) is 0 Å². The lowest BCUT2D eigenvalue weighted by atomic mass is 10.1. The molecule has 0 bridgehead atoms. The molecule has 2 aliphatic heterocycles. The Morgan fingerprint density at radius 2 is 2.00 bits per heavy atom. The van der Waals surface area contributed by atoms with Crippen molar-refractivity contribution in [3.8, 4) is 0 Å². The van der Waals surface area contributed by atoms with Gasteiger partial charge in [-0.3, -0.25) is 9.69 Å². The van der Waals surface area contributed by atoms with Gasteiger partial charge in [-0.2, -0.15) is 0 Å². The number of benzene rings is 1. The smallest absolute Gasteiger partial charge is 0.226 e. The zero-order valence-electron chi connectivity index (χ0n) is 14.3. The van der Waals surface area contributed by atoms with Crippen molar-refractivity contribution in [3.05, 3.63) is 35.9 Å². The van der Waals surface area contributed by atoms with Crippen LogP contribution in [0.15, 0.2) is 30.3 Å². The molecular weight excluding hydrogens is 345 g/mol. The second-order valence-corrected chi connectivity index (χ2v) is 6.78. The molecule has 1 amide bonds. The second kappa shape index (κ2) is 10.2. The van der Waals surface area contributed by atoms with Crippen LogP contribution in [-0.2, 0) is 11.3 Å². The zero-order valence-corrected chi connectivity index (χ0v) is 16.0. The monoisotopic (exact) mass is 373 g/mol. The normalized spacial score (nSPS) is 23.4. The van der Waals surface area contributed by atoms with E-state index < -0.39 is 0 Å². The summed E-state index contributed by atoms with van der Waals surface area (Å²) in [7, 11) is 1.97. The maximum atomic E-state index is 12.4. The van der Waals surface area contributed by atoms with Gasteiger partial charge in [0, 0.05) is 33.2 Å². The van der Waals surface area contributed by atoms with E-state index in [-0.39, 0.29) is 30.7 Å². The summed E-state index contributed by atoms with van der Waals surface area (Å²) in [6.45, 7) is 6.02. The molecule has 2 aliphatic rings. The maximum Gasteiger partial charge on any atom is 0.226 e. The molecule has 4 nitrogen and oxygen atoms in total. The predicted molar refractivity (Wildman–Crippen MR) is 103 cm³/mol. The first-order valence-corrected chi connectivity index (χ1v) is 8.44. The first-order valence-electron chi connectivity index (χ1n) is 8.44. The van der Waals surface area contributed by atoms with Gasteiger partial charge in [-0.05, 0) is 37.4 Å². The lowest BCUT2D eigenvalue weighted by molar-refractivity contribution is -0.134. The molecule has 0 aliphatic carbocycles. The summed E-state index contributed by atoms with van der Waals surface area (Å²) in [4.78, 5) is 16.9. The number of rotatable bonds is 5. The molecule has 2 unspecified atom stereocenters. The topological polar surface area (TPSA) is 35.6 Å². The molecular formula is C18H29Cl2N3O. The van der Waals surface area contributed by atoms with Crippen LogP contribution < -0.4 is 5.32 Å². The summed E-state index contributed by atoms with van der Waals surface area (Å²) in [5.74, 6) is 1.14. The van der Waals surface area contributed by atoms with Crippen LogP contribution in [0, 0.1) is 11.8 Å². The molecule has 0 radical (unpaired) electrons. The Kier molecular flexibility index (Phi) is 9.06. The lowest BCUT2D eigenvalue weighted by Gasteiger charge is -2.24. The van der Waals surface area contributed by atoms with Crippen molar-refractivity contribution in [2.75, 3.05) is 39.8 Å². The quantitative estimate of drug-likeness (QED) is 0.860. The van der Waals surface area contributed by atoms with Crippen LogP contribution in [0.5, 0.6) is 0 Å². The molecule has 6 heteroatoms. The summed E-state index contributed by atoms with van der Waals surface area (Å²) >= 11 is 0. The number of halogens is 2. The van der Waals surface area contributed by atoms with Crippen molar-refractivity contribution in [1.29, 1.82) is 0 Å². The third-order valence-electron chi connectivity index (χ3n) is 4.94. The number of amides is 1. The van der Waals surface area contributed by atoms with Crippen molar-refractivity contribution in [2.24, 2.45) is 11.8 Å². The van der Waals surface area contributed by atoms with Gasteiger partial charge in [-0.15, -0.1) is 24.8 Å². The summed E-state index contributed by atoms with van der Waals surface area (Å²) in [5, 5.41) is 3.28. The van der Waals surface area contributed by atoms with E-state index in [4.69, 9.17) is 0 Å². The largest absolute Gasteiger partial charge is 0.345 e. The minimum atomic E-state index is 0. The van der Waals surface area contributed by atoms with Crippen LogP contribution in [-0.4, -0.2) is 55.5 Å². The fourth-order valence-corrected chi connectivity index (χ4v) is 3.70. The van der Waals surface area contributed by atoms with E-state index in [1.54, 1.807) is 0 Å². The van der Waals surface area contributed by atoms with Crippen LogP contribution in [0.3, 0.4) is 0 Å². The van der Waals surface area contributed by atoms with E-state index in [9.17, 15) is 4.79 Å². The average molecular weight is 374 g/mol. The van der Waals surface area contributed by atoms with E-state index in [2.05, 4.69) is 40.5 Å². The molecule has 0 aromatic heterocycles. The molecule has 0 saturated carbocycles. The summed E-state index contributed by atoms with van der Waals surface area (Å²) in [5.41, 5.74) is 1.38. The highest BCUT2D eigenvalue weighted by molar-refractivity contribution is 5.85. The third kappa shape index (κ3) is 5.62. The van der Waals surface area contributed by atoms with Gasteiger partial charge in [0.25, 0.3) is 0 Å². The van der Waals surface area contributed by atoms with Crippen molar-refractivity contribution in [1.82, 2.24) is 15.1 Å². The second-order valence-electron chi connectivity index (χ2n) is 6.78. The first kappa shape index (κ1) is 21.2. The number of likely N-dealkylation sites (tertiary alicyclic amines) is 1. The fraction of sp³-hybridized carbons (Fsp3) is 0.611. The number of hydrogen-bond acceptors (Lipinski definition) is 3. The molecule has 24 heavy (non-hydrogen) atoms. The zero-order chi connectivity index (χ0) is 15.4. The molecule has 2 heterocycles. The van der Waals surface area contributed by atoms with Crippen LogP contribution in [0.4, 0.5) is 0 Å². The van der Waals surface area contributed by atoms with E-state index in [0.717, 1.165) is 45.7 Å². The average Bonchev–Trinajstić information content (AvgIpc) is 3.19. The van der Waals surface area contributed by atoms with Gasteiger partial charge < -0.3 is 10.2 Å². The fourth-order valence-electron chi connectivity index (χ4n) is 3.70. The van der Waals surface area contributed by atoms with Gasteiger partial charge in [0.2, 0.25) is 5.91 Å². The van der Waals surface area contributed by atoms with Gasteiger partial charge >= 0.3 is 0 Å². The van der Waals surface area contributed by atoms with Gasteiger partial charge in [0.15, 0.2) is 0 Å². The Balaban J connectivity index is 0.00000144. The predicted octanol–water partition coefficient (Wildman–Crippen LogP) is 2.42. The Labute approximate surface area is 157 Å². The molecule has 136 valence electrons. The molecule has 1 aromatic rings. The maximum absolute atomic E-state index is 12.4. The Bertz CT molecular complexity index is 494. The van der Waals surface area contributed by atoms with Crippen molar-refractivity contribution < 1.29 is 4.79 Å². The molecule has 3 rings (SSSR count). The number of nitrogens with one attached hydrogen (secondary N) is 1. The highest BCUT2D eigenvalue weighted by atomic mass is 35.5. The molecule has 0 spiro atoms. The number of hydrogen-bond donors (Lipinski definition) is 1. The van der Waals surface area contributed by atoms with Gasteiger partial charge in [0.1, 0.15) is 0 Å². The third-order valence-corrected chi connectivity index (χ3v) is 4.94. The molecule has 1 aromatic carbocycles. The van der Waals surface area contributed by atoms with Crippen LogP contribution in [0.1, 0.15) is 18.4 Å². The van der Waals surface area contributed by atoms with E-state index >= 15 is 0 Å². The first-order chi connectivity index (χ1) is 10.7. The van der Waals surface area contributed by atoms with E-state index in [0.29, 0.717) is 11.8 Å². The number of nitrogens with zero attached hydrogens (tertiary/aromatic N) is 2. The van der Waals surface area contributed by atoms with Crippen LogP contribution >= 0.6 is 24.8 Å². The van der Waals surface area contributed by atoms with E-state index in [1.165, 1.54) is 12.0 Å². The van der Waals surface area contributed by atoms with Gasteiger partial charge in [-0.1, -0.05) is 30.3 Å². The van der Waals surface area contributed by atoms with Crippen LogP contribution in [0.2, 0.25) is 0 Å². The Morgan fingerprint density at radius 1 is 1.25 bits per heavy atom. The minimum Gasteiger partial charge on any atom is -0.345 e. The minimum absolute atomic E-state index is 0. The Morgan fingerprint density at radius 3 is 2.67 bits per heavy atom. The van der Waals surface area contributed by atoms with Gasteiger partial charge in [0.05, 0.1) is 5.92 Å². The summed E-state index contributed by atoms with van der Waals surface area (Å²) in [6.07, 6.45) is 2.20. The molecule has 2 saturated heterocycles. The summed E-state index contributed by atoms with van der Waals surface area (Å²) < 4.78 is 0. The van der Waals surface area contributed by atoms with Gasteiger partial charge in [-0.25, -0.2) is 0 Å². The van der Waals surface area contributed by atoms with Crippen molar-refractivity contribution in [3.63, 3.8) is 0 Å². The molecule has 2 fully saturated rings. The Hall–Kier alpha value is -0.810. The van der Waals surface area contributed by atoms with Crippen molar-refractivity contribution in [2.45, 2.75) is 19.4 Å². The summed E-state index contributed by atoms with van der Waals surface area (Å²) in [6, 6.07) is 10.6. The van der Waals surface area contributed by atoms with Crippen molar-refractivity contribution >= 4 is 30.7 Å². The molecule has 2 atom stereocenters. The number of carbonyl (C=O) groups is 1. The van der Waals surface area contributed by atoms with E-state index in [1.807, 2.05) is 11.9 Å².